The minimum atomic E-state index is -0.232. The molecule has 2 aromatic carbocycles. The number of benzene rings is 2. The van der Waals surface area contributed by atoms with Gasteiger partial charge in [0.25, 0.3) is 5.91 Å². The zero-order valence-corrected chi connectivity index (χ0v) is 18.5. The van der Waals surface area contributed by atoms with Crippen LogP contribution in [0.4, 0.5) is 0 Å². The summed E-state index contributed by atoms with van der Waals surface area (Å²) in [5.74, 6) is 0.779. The van der Waals surface area contributed by atoms with Gasteiger partial charge < -0.3 is 14.4 Å². The molecule has 0 aliphatic carbocycles. The van der Waals surface area contributed by atoms with Crippen LogP contribution in [0.25, 0.3) is 11.3 Å². The molecule has 6 nitrogen and oxygen atoms in total. The average molecular weight is 440 g/mol. The van der Waals surface area contributed by atoms with Crippen molar-refractivity contribution >= 4 is 17.5 Å². The Balaban J connectivity index is 1.74. The van der Waals surface area contributed by atoms with E-state index >= 15 is 0 Å². The lowest BCUT2D eigenvalue weighted by atomic mass is 9.96. The van der Waals surface area contributed by atoms with Crippen LogP contribution >= 0.6 is 11.6 Å². The second-order valence-electron chi connectivity index (χ2n) is 7.53. The highest BCUT2D eigenvalue weighted by Crippen LogP contribution is 2.43. The number of hydrogen-bond donors (Lipinski definition) is 1. The number of H-pyrrole nitrogens is 1. The largest absolute Gasteiger partial charge is 0.494 e. The van der Waals surface area contributed by atoms with E-state index in [4.69, 9.17) is 21.1 Å². The summed E-state index contributed by atoms with van der Waals surface area (Å²) in [7, 11) is 1.67. The molecule has 1 aliphatic rings. The number of aromatic nitrogens is 2. The smallest absolute Gasteiger partial charge is 0.273 e. The van der Waals surface area contributed by atoms with Crippen LogP contribution in [0.3, 0.4) is 0 Å². The van der Waals surface area contributed by atoms with Crippen LogP contribution in [-0.4, -0.2) is 47.9 Å². The molecular weight excluding hydrogens is 414 g/mol. The summed E-state index contributed by atoms with van der Waals surface area (Å²) >= 11 is 6.07. The Morgan fingerprint density at radius 2 is 1.84 bits per heavy atom. The van der Waals surface area contributed by atoms with Gasteiger partial charge in [0.2, 0.25) is 0 Å². The molecule has 3 aromatic rings. The van der Waals surface area contributed by atoms with E-state index in [1.54, 1.807) is 7.11 Å². The molecule has 1 aromatic heterocycles. The number of halogens is 1. The van der Waals surface area contributed by atoms with Crippen LogP contribution in [0.1, 0.15) is 47.4 Å². The molecule has 0 saturated carbocycles. The summed E-state index contributed by atoms with van der Waals surface area (Å²) in [6.45, 7) is 3.94. The molecule has 1 atom stereocenters. The number of fused-ring (bicyclic) bond motifs is 1. The van der Waals surface area contributed by atoms with Crippen molar-refractivity contribution < 1.29 is 14.3 Å². The first-order valence-electron chi connectivity index (χ1n) is 10.5. The molecule has 4 rings (SSSR count). The lowest BCUT2D eigenvalue weighted by molar-refractivity contribution is 0.0723. The van der Waals surface area contributed by atoms with Crippen molar-refractivity contribution in [3.8, 4) is 17.0 Å². The van der Waals surface area contributed by atoms with E-state index in [-0.39, 0.29) is 11.9 Å². The van der Waals surface area contributed by atoms with Gasteiger partial charge in [0.15, 0.2) is 0 Å². The van der Waals surface area contributed by atoms with Gasteiger partial charge in [-0.2, -0.15) is 5.10 Å². The molecule has 1 unspecified atom stereocenters. The predicted molar refractivity (Wildman–Crippen MR) is 121 cm³/mol. The molecule has 162 valence electrons. The molecule has 31 heavy (non-hydrogen) atoms. The van der Waals surface area contributed by atoms with Crippen molar-refractivity contribution in [2.45, 2.75) is 25.8 Å². The molecule has 1 aliphatic heterocycles. The summed E-state index contributed by atoms with van der Waals surface area (Å²) in [5, 5.41) is 8.13. The maximum absolute atomic E-state index is 13.2. The number of hydrogen-bond acceptors (Lipinski definition) is 4. The van der Waals surface area contributed by atoms with Crippen molar-refractivity contribution in [3.63, 3.8) is 0 Å². The summed E-state index contributed by atoms with van der Waals surface area (Å²) in [6.07, 6.45) is 1.71. The lowest BCUT2D eigenvalue weighted by Gasteiger charge is -2.26. The number of nitrogens with one attached hydrogen (secondary N) is 1. The van der Waals surface area contributed by atoms with Crippen LogP contribution in [0, 0.1) is 0 Å². The lowest BCUT2D eigenvalue weighted by Crippen LogP contribution is -2.31. The van der Waals surface area contributed by atoms with E-state index in [0.717, 1.165) is 41.0 Å². The molecule has 0 bridgehead atoms. The van der Waals surface area contributed by atoms with Crippen molar-refractivity contribution in [1.82, 2.24) is 15.1 Å². The van der Waals surface area contributed by atoms with E-state index in [2.05, 4.69) is 17.1 Å². The molecule has 0 spiro atoms. The van der Waals surface area contributed by atoms with E-state index in [1.165, 1.54) is 0 Å². The third-order valence-corrected chi connectivity index (χ3v) is 5.65. The highest BCUT2D eigenvalue weighted by molar-refractivity contribution is 6.30. The van der Waals surface area contributed by atoms with Crippen LogP contribution < -0.4 is 4.74 Å². The van der Waals surface area contributed by atoms with E-state index in [1.807, 2.05) is 53.4 Å². The summed E-state index contributed by atoms with van der Waals surface area (Å²) in [4.78, 5) is 15.1. The molecule has 7 heteroatoms. The van der Waals surface area contributed by atoms with Crippen molar-refractivity contribution in [3.05, 3.63) is 70.4 Å². The first-order valence-corrected chi connectivity index (χ1v) is 10.9. The van der Waals surface area contributed by atoms with Crippen LogP contribution in [0.2, 0.25) is 5.02 Å². The standard InChI is InChI=1S/C24H26ClN3O3/c1-3-14-31-19-11-7-17(8-12-19)23-20-21(16-5-9-18(25)10-6-16)26-27-22(20)24(29)28(23)13-4-15-30-2/h5-12,23H,3-4,13-15H2,1-2H3,(H,26,27). The highest BCUT2D eigenvalue weighted by Gasteiger charge is 2.41. The predicted octanol–water partition coefficient (Wildman–Crippen LogP) is 5.10. The number of ether oxygens (including phenoxy) is 2. The molecule has 1 N–H and O–H groups in total. The van der Waals surface area contributed by atoms with E-state index in [9.17, 15) is 4.79 Å². The van der Waals surface area contributed by atoms with Gasteiger partial charge >= 0.3 is 0 Å². The minimum absolute atomic E-state index is 0.0462. The Morgan fingerprint density at radius 1 is 1.10 bits per heavy atom. The number of amides is 1. The zero-order chi connectivity index (χ0) is 21.8. The van der Waals surface area contributed by atoms with Gasteiger partial charge in [-0.3, -0.25) is 9.89 Å². The maximum Gasteiger partial charge on any atom is 0.273 e. The molecule has 0 fully saturated rings. The number of methoxy groups -OCH3 is 1. The Bertz CT molecular complexity index is 1030. The first kappa shape index (κ1) is 21.4. The maximum atomic E-state index is 13.2. The van der Waals surface area contributed by atoms with Crippen LogP contribution in [0.5, 0.6) is 5.75 Å². The number of carbonyl (C=O) groups excluding carboxylic acids is 1. The van der Waals surface area contributed by atoms with Crippen molar-refractivity contribution in [2.24, 2.45) is 0 Å². The quantitative estimate of drug-likeness (QED) is 0.471. The minimum Gasteiger partial charge on any atom is -0.494 e. The number of aromatic amines is 1. The fraction of sp³-hybridized carbons (Fsp3) is 0.333. The summed E-state index contributed by atoms with van der Waals surface area (Å²) in [5.41, 5.74) is 4.14. The summed E-state index contributed by atoms with van der Waals surface area (Å²) in [6, 6.07) is 15.3. The molecular formula is C24H26ClN3O3. The highest BCUT2D eigenvalue weighted by atomic mass is 35.5. The van der Waals surface area contributed by atoms with E-state index < -0.39 is 0 Å². The zero-order valence-electron chi connectivity index (χ0n) is 17.7. The molecule has 0 radical (unpaired) electrons. The number of carbonyl (C=O) groups is 1. The Morgan fingerprint density at radius 3 is 2.52 bits per heavy atom. The van der Waals surface area contributed by atoms with Gasteiger partial charge in [0, 0.05) is 36.4 Å². The van der Waals surface area contributed by atoms with Gasteiger partial charge in [-0.15, -0.1) is 0 Å². The van der Waals surface area contributed by atoms with Crippen LogP contribution in [-0.2, 0) is 4.74 Å². The number of nitrogens with zero attached hydrogens (tertiary/aromatic N) is 2. The fourth-order valence-corrected chi connectivity index (χ4v) is 4.07. The second kappa shape index (κ2) is 9.54. The SMILES string of the molecule is CCCOc1ccc(C2c3c(-c4ccc(Cl)cc4)n[nH]c3C(=O)N2CCCOC)cc1. The fourth-order valence-electron chi connectivity index (χ4n) is 3.95. The van der Waals surface area contributed by atoms with E-state index in [0.29, 0.717) is 30.5 Å². The van der Waals surface area contributed by atoms with Gasteiger partial charge in [0.1, 0.15) is 11.4 Å². The monoisotopic (exact) mass is 439 g/mol. The average Bonchev–Trinajstić information content (AvgIpc) is 3.33. The summed E-state index contributed by atoms with van der Waals surface area (Å²) < 4.78 is 10.9. The third-order valence-electron chi connectivity index (χ3n) is 5.40. The molecule has 2 heterocycles. The van der Waals surface area contributed by atoms with Crippen molar-refractivity contribution in [1.29, 1.82) is 0 Å². The van der Waals surface area contributed by atoms with Gasteiger partial charge in [-0.25, -0.2) is 0 Å². The van der Waals surface area contributed by atoms with Crippen LogP contribution in [0.15, 0.2) is 48.5 Å². The number of rotatable bonds is 9. The normalized spacial score (nSPS) is 15.4. The molecule has 0 saturated heterocycles. The Labute approximate surface area is 187 Å². The van der Waals surface area contributed by atoms with Gasteiger partial charge in [-0.05, 0) is 42.7 Å². The Hall–Kier alpha value is -2.83. The third kappa shape index (κ3) is 4.31. The molecule has 1 amide bonds. The van der Waals surface area contributed by atoms with Crippen molar-refractivity contribution in [2.75, 3.05) is 26.9 Å². The van der Waals surface area contributed by atoms with Gasteiger partial charge in [0.05, 0.1) is 18.3 Å². The van der Waals surface area contributed by atoms with Gasteiger partial charge in [-0.1, -0.05) is 42.8 Å². The second-order valence-corrected chi connectivity index (χ2v) is 7.97. The first-order chi connectivity index (χ1) is 15.1. The topological polar surface area (TPSA) is 67.5 Å². The Kier molecular flexibility index (Phi) is 6.59.